The van der Waals surface area contributed by atoms with E-state index in [4.69, 9.17) is 4.42 Å². The van der Waals surface area contributed by atoms with Crippen molar-refractivity contribution in [1.29, 1.82) is 0 Å². The summed E-state index contributed by atoms with van der Waals surface area (Å²) in [6.07, 6.45) is 2.77. The summed E-state index contributed by atoms with van der Waals surface area (Å²) in [6, 6.07) is 8.12. The van der Waals surface area contributed by atoms with Gasteiger partial charge in [-0.2, -0.15) is 0 Å². The van der Waals surface area contributed by atoms with Crippen LogP contribution in [0.5, 0.6) is 0 Å². The molecule has 2 aromatic heterocycles. The average molecular weight is 433 g/mol. The molecule has 0 aliphatic rings. The van der Waals surface area contributed by atoms with Crippen molar-refractivity contribution in [3.8, 4) is 0 Å². The SMILES string of the molecule is CCNC(=NCc1ccco1)NCC(C)Cc1cccs1.I. The van der Waals surface area contributed by atoms with Gasteiger partial charge in [0.2, 0.25) is 0 Å². The van der Waals surface area contributed by atoms with Gasteiger partial charge in [-0.3, -0.25) is 0 Å². The van der Waals surface area contributed by atoms with Crippen molar-refractivity contribution in [2.75, 3.05) is 13.1 Å². The molecule has 2 rings (SSSR count). The van der Waals surface area contributed by atoms with Crippen molar-refractivity contribution < 1.29 is 4.42 Å². The summed E-state index contributed by atoms with van der Waals surface area (Å²) in [7, 11) is 0. The summed E-state index contributed by atoms with van der Waals surface area (Å²) in [5, 5.41) is 8.79. The molecule has 0 spiro atoms. The Kier molecular flexibility index (Phi) is 9.22. The molecule has 6 heteroatoms. The summed E-state index contributed by atoms with van der Waals surface area (Å²) >= 11 is 1.82. The van der Waals surface area contributed by atoms with Crippen LogP contribution in [-0.4, -0.2) is 19.0 Å². The third kappa shape index (κ3) is 6.83. The molecule has 4 nitrogen and oxygen atoms in total. The molecule has 0 bridgehead atoms. The summed E-state index contributed by atoms with van der Waals surface area (Å²) < 4.78 is 5.30. The van der Waals surface area contributed by atoms with Crippen molar-refractivity contribution in [3.05, 3.63) is 46.5 Å². The first-order valence-corrected chi connectivity index (χ1v) is 8.22. The maximum Gasteiger partial charge on any atom is 0.191 e. The molecule has 2 N–H and O–H groups in total. The lowest BCUT2D eigenvalue weighted by molar-refractivity contribution is 0.511. The first kappa shape index (κ1) is 19.0. The van der Waals surface area contributed by atoms with Gasteiger partial charge >= 0.3 is 0 Å². The lowest BCUT2D eigenvalue weighted by Gasteiger charge is -2.15. The van der Waals surface area contributed by atoms with Crippen molar-refractivity contribution in [3.63, 3.8) is 0 Å². The second-order valence-corrected chi connectivity index (χ2v) is 6.08. The van der Waals surface area contributed by atoms with Gasteiger partial charge in [-0.05, 0) is 42.8 Å². The van der Waals surface area contributed by atoms with Gasteiger partial charge in [-0.1, -0.05) is 13.0 Å². The molecular formula is C16H24IN3OS. The first-order chi connectivity index (χ1) is 10.3. The van der Waals surface area contributed by atoms with Gasteiger partial charge in [0.15, 0.2) is 5.96 Å². The van der Waals surface area contributed by atoms with E-state index in [0.29, 0.717) is 12.5 Å². The van der Waals surface area contributed by atoms with E-state index in [0.717, 1.165) is 31.2 Å². The van der Waals surface area contributed by atoms with Crippen LogP contribution in [0.25, 0.3) is 0 Å². The lowest BCUT2D eigenvalue weighted by Crippen LogP contribution is -2.39. The largest absolute Gasteiger partial charge is 0.467 e. The zero-order chi connectivity index (χ0) is 14.9. The molecule has 0 aliphatic heterocycles. The van der Waals surface area contributed by atoms with Gasteiger partial charge in [0, 0.05) is 18.0 Å². The van der Waals surface area contributed by atoms with Crippen LogP contribution in [0.1, 0.15) is 24.5 Å². The van der Waals surface area contributed by atoms with E-state index in [1.807, 2.05) is 23.5 Å². The van der Waals surface area contributed by atoms with E-state index in [2.05, 4.69) is 47.0 Å². The molecule has 1 atom stereocenters. The van der Waals surface area contributed by atoms with Gasteiger partial charge in [0.05, 0.1) is 6.26 Å². The number of nitrogens with zero attached hydrogens (tertiary/aromatic N) is 1. The molecule has 0 amide bonds. The minimum absolute atomic E-state index is 0. The fourth-order valence-corrected chi connectivity index (χ4v) is 2.89. The van der Waals surface area contributed by atoms with Crippen LogP contribution < -0.4 is 10.6 Å². The fourth-order valence-electron chi connectivity index (χ4n) is 2.02. The second kappa shape index (κ2) is 10.7. The molecule has 0 saturated heterocycles. The maximum atomic E-state index is 5.30. The number of hydrogen-bond acceptors (Lipinski definition) is 3. The predicted octanol–water partition coefficient (Wildman–Crippen LogP) is 3.89. The van der Waals surface area contributed by atoms with Gasteiger partial charge in [-0.15, -0.1) is 35.3 Å². The standard InChI is InChI=1S/C16H23N3OS.HI/c1-3-17-16(19-12-14-6-4-8-20-14)18-11-13(2)10-15-7-5-9-21-15;/h4-9,13H,3,10-12H2,1-2H3,(H2,17,18,19);1H. The molecule has 0 aromatic carbocycles. The molecule has 122 valence electrons. The smallest absolute Gasteiger partial charge is 0.191 e. The Labute approximate surface area is 153 Å². The third-order valence-corrected chi connectivity index (χ3v) is 3.96. The van der Waals surface area contributed by atoms with Gasteiger partial charge in [0.25, 0.3) is 0 Å². The molecular weight excluding hydrogens is 409 g/mol. The Morgan fingerprint density at radius 2 is 2.18 bits per heavy atom. The van der Waals surface area contributed by atoms with Crippen LogP contribution in [-0.2, 0) is 13.0 Å². The molecule has 0 aliphatic carbocycles. The van der Waals surface area contributed by atoms with Crippen LogP contribution >= 0.6 is 35.3 Å². The zero-order valence-corrected chi connectivity index (χ0v) is 16.2. The minimum Gasteiger partial charge on any atom is -0.467 e. The maximum absolute atomic E-state index is 5.30. The Balaban J connectivity index is 0.00000242. The number of thiophene rings is 1. The normalized spacial score (nSPS) is 12.5. The fraction of sp³-hybridized carbons (Fsp3) is 0.438. The van der Waals surface area contributed by atoms with Crippen LogP contribution in [0.15, 0.2) is 45.3 Å². The average Bonchev–Trinajstić information content (AvgIpc) is 3.15. The third-order valence-electron chi connectivity index (χ3n) is 3.07. The Bertz CT molecular complexity index is 526. The molecule has 0 radical (unpaired) electrons. The van der Waals surface area contributed by atoms with Gasteiger partial charge in [0.1, 0.15) is 12.3 Å². The zero-order valence-electron chi connectivity index (χ0n) is 13.0. The van der Waals surface area contributed by atoms with Crippen molar-refractivity contribution in [1.82, 2.24) is 10.6 Å². The highest BCUT2D eigenvalue weighted by Gasteiger charge is 2.06. The number of rotatable bonds is 7. The van der Waals surface area contributed by atoms with Crippen LogP contribution in [0.3, 0.4) is 0 Å². The highest BCUT2D eigenvalue weighted by molar-refractivity contribution is 14.0. The molecule has 22 heavy (non-hydrogen) atoms. The number of halogens is 1. The Morgan fingerprint density at radius 3 is 2.82 bits per heavy atom. The molecule has 2 aromatic rings. The quantitative estimate of drug-likeness (QED) is 0.396. The minimum atomic E-state index is 0. The van der Waals surface area contributed by atoms with E-state index >= 15 is 0 Å². The highest BCUT2D eigenvalue weighted by Crippen LogP contribution is 2.13. The topological polar surface area (TPSA) is 49.6 Å². The molecule has 0 fully saturated rings. The van der Waals surface area contributed by atoms with E-state index in [1.165, 1.54) is 4.88 Å². The lowest BCUT2D eigenvalue weighted by atomic mass is 10.1. The van der Waals surface area contributed by atoms with Crippen molar-refractivity contribution in [2.24, 2.45) is 10.9 Å². The number of guanidine groups is 1. The van der Waals surface area contributed by atoms with Crippen molar-refractivity contribution >= 4 is 41.3 Å². The van der Waals surface area contributed by atoms with E-state index in [1.54, 1.807) is 6.26 Å². The predicted molar refractivity (Wildman–Crippen MR) is 104 cm³/mol. The van der Waals surface area contributed by atoms with Crippen LogP contribution in [0, 0.1) is 5.92 Å². The van der Waals surface area contributed by atoms with E-state index in [-0.39, 0.29) is 24.0 Å². The number of nitrogens with one attached hydrogen (secondary N) is 2. The van der Waals surface area contributed by atoms with Gasteiger partial charge < -0.3 is 15.1 Å². The van der Waals surface area contributed by atoms with Crippen LogP contribution in [0.4, 0.5) is 0 Å². The molecule has 0 saturated carbocycles. The first-order valence-electron chi connectivity index (χ1n) is 7.35. The summed E-state index contributed by atoms with van der Waals surface area (Å²) in [6.45, 7) is 6.63. The van der Waals surface area contributed by atoms with Crippen LogP contribution in [0.2, 0.25) is 0 Å². The molecule has 1 unspecified atom stereocenters. The summed E-state index contributed by atoms with van der Waals surface area (Å²) in [4.78, 5) is 5.96. The van der Waals surface area contributed by atoms with Gasteiger partial charge in [-0.25, -0.2) is 4.99 Å². The Morgan fingerprint density at radius 1 is 1.32 bits per heavy atom. The Hall–Kier alpha value is -1.02. The number of furan rings is 1. The van der Waals surface area contributed by atoms with E-state index < -0.39 is 0 Å². The summed E-state index contributed by atoms with van der Waals surface area (Å²) in [5.41, 5.74) is 0. The second-order valence-electron chi connectivity index (χ2n) is 5.04. The summed E-state index contributed by atoms with van der Waals surface area (Å²) in [5.74, 6) is 2.28. The number of aliphatic imine (C=N–C) groups is 1. The highest BCUT2D eigenvalue weighted by atomic mass is 127. The number of hydrogen-bond donors (Lipinski definition) is 2. The molecule has 2 heterocycles. The van der Waals surface area contributed by atoms with Crippen molar-refractivity contribution in [2.45, 2.75) is 26.8 Å². The van der Waals surface area contributed by atoms with E-state index in [9.17, 15) is 0 Å². The monoisotopic (exact) mass is 433 g/mol.